The SMILES string of the molecule is Cn1c(Nc2ccc(Br)cc2Cl)c(C(O)NOCCO)c2occc2c1=O. The van der Waals surface area contributed by atoms with E-state index in [9.17, 15) is 9.90 Å². The van der Waals surface area contributed by atoms with Gasteiger partial charge in [0.15, 0.2) is 6.23 Å². The van der Waals surface area contributed by atoms with Gasteiger partial charge in [0.25, 0.3) is 5.56 Å². The Kier molecular flexibility index (Phi) is 6.20. The lowest BCUT2D eigenvalue weighted by molar-refractivity contribution is -0.0673. The number of benzene rings is 1. The molecule has 0 amide bonds. The van der Waals surface area contributed by atoms with Gasteiger partial charge in [-0.25, -0.2) is 0 Å². The lowest BCUT2D eigenvalue weighted by Gasteiger charge is -2.21. The smallest absolute Gasteiger partial charge is 0.263 e. The van der Waals surface area contributed by atoms with Crippen LogP contribution in [0.15, 0.2) is 44.2 Å². The maximum absolute atomic E-state index is 12.6. The number of aliphatic hydroxyl groups excluding tert-OH is 2. The topological polar surface area (TPSA) is 109 Å². The van der Waals surface area contributed by atoms with E-state index in [1.807, 2.05) is 0 Å². The summed E-state index contributed by atoms with van der Waals surface area (Å²) < 4.78 is 7.59. The second-order valence-electron chi connectivity index (χ2n) is 5.63. The van der Waals surface area contributed by atoms with Crippen LogP contribution in [-0.2, 0) is 11.9 Å². The molecule has 1 unspecified atom stereocenters. The van der Waals surface area contributed by atoms with Crippen molar-refractivity contribution in [3.8, 4) is 0 Å². The van der Waals surface area contributed by atoms with Gasteiger partial charge in [-0.3, -0.25) is 14.2 Å². The average Bonchev–Trinajstić information content (AvgIpc) is 3.11. The predicted octanol–water partition coefficient (Wildman–Crippen LogP) is 2.80. The van der Waals surface area contributed by atoms with Crippen LogP contribution in [0.2, 0.25) is 5.02 Å². The number of hydroxylamine groups is 1. The summed E-state index contributed by atoms with van der Waals surface area (Å²) in [5.41, 5.74) is 3.11. The van der Waals surface area contributed by atoms with Crippen LogP contribution < -0.4 is 16.4 Å². The lowest BCUT2D eigenvalue weighted by Crippen LogP contribution is -2.28. The van der Waals surface area contributed by atoms with Gasteiger partial charge in [0.05, 0.1) is 41.1 Å². The number of halogens is 2. The van der Waals surface area contributed by atoms with Crippen LogP contribution in [0.5, 0.6) is 0 Å². The first kappa shape index (κ1) is 19.9. The van der Waals surface area contributed by atoms with E-state index in [0.29, 0.717) is 16.1 Å². The minimum absolute atomic E-state index is 0.0224. The molecule has 1 aromatic carbocycles. The molecule has 0 bridgehead atoms. The third-order valence-electron chi connectivity index (χ3n) is 3.88. The van der Waals surface area contributed by atoms with Crippen molar-refractivity contribution in [1.82, 2.24) is 10.0 Å². The van der Waals surface area contributed by atoms with Gasteiger partial charge < -0.3 is 19.9 Å². The van der Waals surface area contributed by atoms with E-state index in [2.05, 4.69) is 26.7 Å². The van der Waals surface area contributed by atoms with E-state index in [4.69, 9.17) is 26.0 Å². The van der Waals surface area contributed by atoms with Gasteiger partial charge >= 0.3 is 0 Å². The van der Waals surface area contributed by atoms with Gasteiger partial charge in [0, 0.05) is 11.5 Å². The Bertz CT molecular complexity index is 1020. The number of rotatable bonds is 7. The quantitative estimate of drug-likeness (QED) is 0.245. The number of fused-ring (bicyclic) bond motifs is 1. The summed E-state index contributed by atoms with van der Waals surface area (Å²) >= 11 is 9.61. The monoisotopic (exact) mass is 457 g/mol. The number of anilines is 2. The lowest BCUT2D eigenvalue weighted by atomic mass is 10.1. The molecular weight excluding hydrogens is 442 g/mol. The van der Waals surface area contributed by atoms with Crippen LogP contribution in [-0.4, -0.2) is 28.0 Å². The summed E-state index contributed by atoms with van der Waals surface area (Å²) in [7, 11) is 1.56. The number of aliphatic hydroxyl groups is 2. The van der Waals surface area contributed by atoms with Crippen molar-refractivity contribution in [2.24, 2.45) is 7.05 Å². The highest BCUT2D eigenvalue weighted by Crippen LogP contribution is 2.34. The minimum Gasteiger partial charge on any atom is -0.464 e. The molecule has 1 atom stereocenters. The first-order chi connectivity index (χ1) is 12.9. The molecule has 2 aromatic heterocycles. The van der Waals surface area contributed by atoms with E-state index >= 15 is 0 Å². The van der Waals surface area contributed by atoms with E-state index in [1.165, 1.54) is 16.9 Å². The number of hydrogen-bond donors (Lipinski definition) is 4. The summed E-state index contributed by atoms with van der Waals surface area (Å²) in [4.78, 5) is 17.6. The molecule has 0 aliphatic carbocycles. The zero-order chi connectivity index (χ0) is 19.6. The van der Waals surface area contributed by atoms with Crippen LogP contribution in [0.25, 0.3) is 11.0 Å². The molecule has 0 saturated heterocycles. The zero-order valence-corrected chi connectivity index (χ0v) is 16.5. The Morgan fingerprint density at radius 1 is 1.41 bits per heavy atom. The molecule has 144 valence electrons. The highest BCUT2D eigenvalue weighted by atomic mass is 79.9. The number of hydrogen-bond acceptors (Lipinski definition) is 7. The van der Waals surface area contributed by atoms with Crippen LogP contribution in [0.1, 0.15) is 11.8 Å². The Morgan fingerprint density at radius 2 is 2.19 bits per heavy atom. The molecule has 2 heterocycles. The number of pyridine rings is 1. The van der Waals surface area contributed by atoms with Crippen molar-refractivity contribution in [2.45, 2.75) is 6.23 Å². The summed E-state index contributed by atoms with van der Waals surface area (Å²) in [5.74, 6) is 0.277. The van der Waals surface area contributed by atoms with Gasteiger partial charge in [-0.15, -0.1) is 0 Å². The Morgan fingerprint density at radius 3 is 2.89 bits per heavy atom. The highest BCUT2D eigenvalue weighted by Gasteiger charge is 2.24. The van der Waals surface area contributed by atoms with Crippen LogP contribution in [0.4, 0.5) is 11.5 Å². The fourth-order valence-electron chi connectivity index (χ4n) is 2.62. The number of nitrogens with one attached hydrogen (secondary N) is 2. The fraction of sp³-hybridized carbons (Fsp3) is 0.235. The van der Waals surface area contributed by atoms with Crippen molar-refractivity contribution < 1.29 is 19.5 Å². The zero-order valence-electron chi connectivity index (χ0n) is 14.2. The highest BCUT2D eigenvalue weighted by molar-refractivity contribution is 9.10. The van der Waals surface area contributed by atoms with Gasteiger partial charge in [0.2, 0.25) is 0 Å². The number of furan rings is 1. The molecule has 0 fully saturated rings. The second-order valence-corrected chi connectivity index (χ2v) is 6.95. The van der Waals surface area contributed by atoms with Crippen LogP contribution >= 0.6 is 27.5 Å². The first-order valence-electron chi connectivity index (χ1n) is 7.92. The van der Waals surface area contributed by atoms with Crippen molar-refractivity contribution in [3.05, 3.63) is 55.9 Å². The van der Waals surface area contributed by atoms with Gasteiger partial charge in [0.1, 0.15) is 11.4 Å². The van der Waals surface area contributed by atoms with Gasteiger partial charge in [-0.05, 0) is 24.3 Å². The molecule has 0 spiro atoms. The van der Waals surface area contributed by atoms with Crippen molar-refractivity contribution in [2.75, 3.05) is 18.5 Å². The molecule has 10 heteroatoms. The Labute approximate surface area is 167 Å². The summed E-state index contributed by atoms with van der Waals surface area (Å²) in [6, 6.07) is 6.75. The van der Waals surface area contributed by atoms with E-state index in [0.717, 1.165) is 4.47 Å². The molecule has 0 radical (unpaired) electrons. The molecule has 4 N–H and O–H groups in total. The van der Waals surface area contributed by atoms with E-state index in [1.54, 1.807) is 25.2 Å². The fourth-order valence-corrected chi connectivity index (χ4v) is 3.34. The average molecular weight is 459 g/mol. The summed E-state index contributed by atoms with van der Waals surface area (Å²) in [6.45, 7) is -0.242. The minimum atomic E-state index is -1.34. The Balaban J connectivity index is 2.13. The predicted molar refractivity (Wildman–Crippen MR) is 105 cm³/mol. The van der Waals surface area contributed by atoms with Crippen molar-refractivity contribution >= 4 is 50.0 Å². The summed E-state index contributed by atoms with van der Waals surface area (Å²) in [6.07, 6.45) is 0.0292. The standard InChI is InChI=1S/C17H17BrClN3O5/c1-22-15(20-12-3-2-9(18)8-11(12)19)13(16(24)21-27-7-5-23)14-10(17(22)25)4-6-26-14/h2-4,6,8,16,20-21,23-24H,5,7H2,1H3. The van der Waals surface area contributed by atoms with Gasteiger partial charge in [-0.1, -0.05) is 27.5 Å². The third-order valence-corrected chi connectivity index (χ3v) is 4.69. The number of aromatic nitrogens is 1. The van der Waals surface area contributed by atoms with Crippen molar-refractivity contribution in [1.29, 1.82) is 0 Å². The molecule has 0 saturated carbocycles. The van der Waals surface area contributed by atoms with Crippen LogP contribution in [0.3, 0.4) is 0 Å². The molecule has 8 nitrogen and oxygen atoms in total. The molecule has 3 rings (SSSR count). The Hall–Kier alpha value is -1.88. The molecule has 0 aliphatic heterocycles. The normalized spacial score (nSPS) is 12.5. The van der Waals surface area contributed by atoms with Crippen molar-refractivity contribution in [3.63, 3.8) is 0 Å². The molecule has 27 heavy (non-hydrogen) atoms. The van der Waals surface area contributed by atoms with E-state index in [-0.39, 0.29) is 35.7 Å². The molecular formula is C17H17BrClN3O5. The largest absolute Gasteiger partial charge is 0.464 e. The van der Waals surface area contributed by atoms with Crippen LogP contribution in [0, 0.1) is 0 Å². The first-order valence-corrected chi connectivity index (χ1v) is 9.09. The third kappa shape index (κ3) is 4.03. The maximum atomic E-state index is 12.6. The molecule has 0 aliphatic rings. The maximum Gasteiger partial charge on any atom is 0.263 e. The van der Waals surface area contributed by atoms with E-state index < -0.39 is 6.23 Å². The molecule has 3 aromatic rings. The second kappa shape index (κ2) is 8.42. The van der Waals surface area contributed by atoms with Gasteiger partial charge in [-0.2, -0.15) is 5.48 Å². The summed E-state index contributed by atoms with van der Waals surface area (Å²) in [5, 5.41) is 23.2. The number of nitrogens with zero attached hydrogens (tertiary/aromatic N) is 1.